The van der Waals surface area contributed by atoms with Crippen molar-refractivity contribution in [1.29, 1.82) is 0 Å². The van der Waals surface area contributed by atoms with Crippen molar-refractivity contribution in [2.24, 2.45) is 5.73 Å². The van der Waals surface area contributed by atoms with E-state index < -0.39 is 5.97 Å². The molecule has 0 amide bonds. The molecular weight excluding hydrogens is 142 g/mol. The van der Waals surface area contributed by atoms with Gasteiger partial charge in [0, 0.05) is 0 Å². The van der Waals surface area contributed by atoms with Gasteiger partial charge in [-0.25, -0.2) is 9.00 Å². The highest BCUT2D eigenvalue weighted by Gasteiger charge is 2.04. The van der Waals surface area contributed by atoms with E-state index in [1.54, 1.807) is 6.92 Å². The molecular formula is C4H7NO3S. The highest BCUT2D eigenvalue weighted by molar-refractivity contribution is 7.68. The summed E-state index contributed by atoms with van der Waals surface area (Å²) >= 11 is -0.0573. The molecule has 0 heterocycles. The average Bonchev–Trinajstić information content (AvgIpc) is 1.87. The van der Waals surface area contributed by atoms with Crippen LogP contribution in [0.1, 0.15) is 6.92 Å². The fourth-order valence-electron chi connectivity index (χ4n) is 0.236. The number of nitrogens with two attached hydrogens (primary N) is 1. The number of hydrogen-bond donors (Lipinski definition) is 1. The molecule has 0 rings (SSSR count). The molecule has 0 saturated heterocycles. The van der Waals surface area contributed by atoms with Gasteiger partial charge in [0.05, 0.1) is 6.61 Å². The van der Waals surface area contributed by atoms with Gasteiger partial charge in [-0.05, 0) is 6.92 Å². The second-order valence-corrected chi connectivity index (χ2v) is 1.77. The van der Waals surface area contributed by atoms with Crippen molar-refractivity contribution in [2.75, 3.05) is 6.61 Å². The van der Waals surface area contributed by atoms with Gasteiger partial charge in [-0.1, -0.05) is 0 Å². The standard InChI is InChI=1S/C4H7NO3S/c1-2-8-4(6)3(5)9-7/h2,5H2,1H3. The van der Waals surface area contributed by atoms with Crippen LogP contribution in [0.25, 0.3) is 0 Å². The minimum atomic E-state index is -0.738. The lowest BCUT2D eigenvalue weighted by molar-refractivity contribution is -0.134. The molecule has 0 unspecified atom stereocenters. The van der Waals surface area contributed by atoms with Crippen molar-refractivity contribution in [1.82, 2.24) is 0 Å². The molecule has 2 N–H and O–H groups in total. The minimum Gasteiger partial charge on any atom is -0.461 e. The van der Waals surface area contributed by atoms with Gasteiger partial charge in [0.15, 0.2) is 4.99 Å². The van der Waals surface area contributed by atoms with Crippen LogP contribution in [0.2, 0.25) is 0 Å². The van der Waals surface area contributed by atoms with Gasteiger partial charge >= 0.3 is 5.97 Å². The van der Waals surface area contributed by atoms with Crippen LogP contribution in [0.3, 0.4) is 0 Å². The molecule has 5 heteroatoms. The van der Waals surface area contributed by atoms with Crippen LogP contribution in [0.5, 0.6) is 0 Å². The fourth-order valence-corrected chi connectivity index (χ4v) is 0.363. The van der Waals surface area contributed by atoms with Crippen LogP contribution in [-0.2, 0) is 20.8 Å². The molecule has 0 aliphatic heterocycles. The summed E-state index contributed by atoms with van der Waals surface area (Å²) in [6.45, 7) is 1.88. The van der Waals surface area contributed by atoms with Crippen LogP contribution in [0.4, 0.5) is 0 Å². The number of carbonyl (C=O) groups is 1. The molecule has 0 aromatic rings. The molecule has 0 aromatic heterocycles. The molecule has 0 saturated carbocycles. The van der Waals surface area contributed by atoms with Crippen LogP contribution >= 0.6 is 0 Å². The minimum absolute atomic E-state index is 0.0573. The van der Waals surface area contributed by atoms with Crippen molar-refractivity contribution in [2.45, 2.75) is 6.92 Å². The fraction of sp³-hybridized carbons (Fsp3) is 0.500. The maximum absolute atomic E-state index is 10.4. The van der Waals surface area contributed by atoms with Gasteiger partial charge in [0.25, 0.3) is 0 Å². The maximum atomic E-state index is 10.4. The summed E-state index contributed by atoms with van der Waals surface area (Å²) in [4.78, 5) is 10.0. The lowest BCUT2D eigenvalue weighted by Gasteiger charge is -1.94. The number of carbonyl (C=O) groups excluding carboxylic acids is 1. The zero-order valence-corrected chi connectivity index (χ0v) is 5.73. The van der Waals surface area contributed by atoms with E-state index in [0.717, 1.165) is 0 Å². The molecule has 0 radical (unpaired) electrons. The molecule has 0 aliphatic carbocycles. The Kier molecular flexibility index (Phi) is 3.90. The van der Waals surface area contributed by atoms with E-state index in [1.165, 1.54) is 0 Å². The van der Waals surface area contributed by atoms with Crippen molar-refractivity contribution in [3.8, 4) is 0 Å². The Morgan fingerprint density at radius 3 is 2.67 bits per heavy atom. The van der Waals surface area contributed by atoms with Crippen molar-refractivity contribution in [3.05, 3.63) is 0 Å². The van der Waals surface area contributed by atoms with Crippen molar-refractivity contribution >= 4 is 22.2 Å². The second kappa shape index (κ2) is 4.22. The first-order valence-corrected chi connectivity index (χ1v) is 3.06. The molecule has 9 heavy (non-hydrogen) atoms. The second-order valence-electron chi connectivity index (χ2n) is 1.17. The summed E-state index contributed by atoms with van der Waals surface area (Å²) in [6.07, 6.45) is 0. The Balaban J connectivity index is 3.89. The summed E-state index contributed by atoms with van der Waals surface area (Å²) in [5.74, 6) is -0.738. The average molecular weight is 149 g/mol. The highest BCUT2D eigenvalue weighted by atomic mass is 32.1. The lowest BCUT2D eigenvalue weighted by atomic mass is 10.7. The first-order valence-electron chi connectivity index (χ1n) is 2.31. The first-order chi connectivity index (χ1) is 4.22. The van der Waals surface area contributed by atoms with E-state index in [9.17, 15) is 9.00 Å². The monoisotopic (exact) mass is 149 g/mol. The molecule has 0 atom stereocenters. The number of hydrogen-bond acceptors (Lipinski definition) is 3. The Morgan fingerprint density at radius 1 is 1.78 bits per heavy atom. The van der Waals surface area contributed by atoms with Gasteiger partial charge in [-0.3, -0.25) is 5.73 Å². The smallest absolute Gasteiger partial charge is 0.362 e. The molecule has 0 bridgehead atoms. The van der Waals surface area contributed by atoms with Crippen LogP contribution in [0.15, 0.2) is 0 Å². The molecule has 0 fully saturated rings. The van der Waals surface area contributed by atoms with Crippen LogP contribution in [-0.4, -0.2) is 21.8 Å². The normalized spacial score (nSPS) is 8.22. The molecule has 0 spiro atoms. The Labute approximate surface area is 56.1 Å². The van der Waals surface area contributed by atoms with Crippen LogP contribution in [0, 0.1) is 0 Å². The molecule has 4 nitrogen and oxygen atoms in total. The summed E-state index contributed by atoms with van der Waals surface area (Å²) < 4.78 is 14.2. The van der Waals surface area contributed by atoms with Crippen molar-refractivity contribution in [3.63, 3.8) is 0 Å². The topological polar surface area (TPSA) is 69.4 Å². The summed E-state index contributed by atoms with van der Waals surface area (Å²) in [7, 11) is 0. The predicted octanol–water partition coefficient (Wildman–Crippen LogP) is -1.15. The van der Waals surface area contributed by atoms with Gasteiger partial charge in [-0.2, -0.15) is 0 Å². The molecule has 0 aliphatic rings. The van der Waals surface area contributed by atoms with Gasteiger partial charge in [0.1, 0.15) is 11.3 Å². The van der Waals surface area contributed by atoms with Gasteiger partial charge in [-0.15, -0.1) is 0 Å². The number of esters is 1. The van der Waals surface area contributed by atoms with E-state index in [1.807, 2.05) is 0 Å². The van der Waals surface area contributed by atoms with E-state index in [-0.39, 0.29) is 22.9 Å². The zero-order chi connectivity index (χ0) is 7.28. The largest absolute Gasteiger partial charge is 0.461 e. The SMILES string of the molecule is CCOC(=O)C(N)=S=O. The number of ether oxygens (including phenoxy) is 1. The summed E-state index contributed by atoms with van der Waals surface area (Å²) in [6, 6.07) is 0. The third-order valence-corrected chi connectivity index (χ3v) is 0.913. The third-order valence-electron chi connectivity index (χ3n) is 0.566. The first kappa shape index (κ1) is 8.32. The highest BCUT2D eigenvalue weighted by Crippen LogP contribution is 1.73. The quantitative estimate of drug-likeness (QED) is 0.377. The van der Waals surface area contributed by atoms with Gasteiger partial charge in [0.2, 0.25) is 0 Å². The zero-order valence-electron chi connectivity index (χ0n) is 4.92. The predicted molar refractivity (Wildman–Crippen MR) is 34.0 cm³/mol. The summed E-state index contributed by atoms with van der Waals surface area (Å²) in [5, 5.41) is 0. The van der Waals surface area contributed by atoms with E-state index >= 15 is 0 Å². The lowest BCUT2D eigenvalue weighted by Crippen LogP contribution is -2.25. The van der Waals surface area contributed by atoms with Crippen molar-refractivity contribution < 1.29 is 13.7 Å². The van der Waals surface area contributed by atoms with E-state index in [0.29, 0.717) is 0 Å². The Morgan fingerprint density at radius 2 is 2.33 bits per heavy atom. The molecule has 52 valence electrons. The summed E-state index contributed by atoms with van der Waals surface area (Å²) in [5.41, 5.74) is 4.90. The molecule has 0 aromatic carbocycles. The Bertz CT molecular complexity index is 161. The maximum Gasteiger partial charge on any atom is 0.362 e. The number of rotatable bonds is 1. The van der Waals surface area contributed by atoms with E-state index in [2.05, 4.69) is 4.74 Å². The third kappa shape index (κ3) is 2.99. The van der Waals surface area contributed by atoms with Crippen LogP contribution < -0.4 is 5.73 Å². The van der Waals surface area contributed by atoms with E-state index in [4.69, 9.17) is 5.73 Å². The van der Waals surface area contributed by atoms with Gasteiger partial charge < -0.3 is 4.74 Å². The Hall–Kier alpha value is -0.680.